The van der Waals surface area contributed by atoms with Gasteiger partial charge in [0.05, 0.1) is 33.3 Å². The van der Waals surface area contributed by atoms with E-state index in [1.807, 2.05) is 12.1 Å². The maximum absolute atomic E-state index is 5.55. The molecular weight excluding hydrogens is 729 g/mol. The average Bonchev–Trinajstić information content (AvgIpc) is 3.89. The molecule has 12 rings (SSSR count). The highest BCUT2D eigenvalue weighted by Crippen LogP contribution is 2.44. The van der Waals surface area contributed by atoms with Gasteiger partial charge in [0.2, 0.25) is 0 Å². The van der Waals surface area contributed by atoms with Crippen LogP contribution in [0, 0.1) is 0 Å². The van der Waals surface area contributed by atoms with E-state index in [1.54, 1.807) is 0 Å². The number of para-hydroxylation sites is 5. The first-order chi connectivity index (χ1) is 29.8. The summed E-state index contributed by atoms with van der Waals surface area (Å²) in [5, 5.41) is 5.98. The van der Waals surface area contributed by atoms with Crippen molar-refractivity contribution in [2.75, 3.05) is 0 Å². The summed E-state index contributed by atoms with van der Waals surface area (Å²) >= 11 is 0. The molecule has 0 spiro atoms. The predicted octanol–water partition coefficient (Wildman–Crippen LogP) is 14.5. The Morgan fingerprint density at radius 1 is 0.300 bits per heavy atom. The van der Waals surface area contributed by atoms with Gasteiger partial charge in [-0.05, 0) is 65.2 Å². The summed E-state index contributed by atoms with van der Waals surface area (Å²) in [5.41, 5.74) is 15.4. The van der Waals surface area contributed by atoms with Gasteiger partial charge in [-0.1, -0.05) is 170 Å². The van der Waals surface area contributed by atoms with Gasteiger partial charge in [0, 0.05) is 55.0 Å². The molecule has 0 saturated carbocycles. The summed E-state index contributed by atoms with van der Waals surface area (Å²) < 4.78 is 4.65. The van der Waals surface area contributed by atoms with Crippen LogP contribution < -0.4 is 0 Å². The molecule has 9 aromatic carbocycles. The Morgan fingerprint density at radius 3 is 1.63 bits per heavy atom. The van der Waals surface area contributed by atoms with E-state index in [-0.39, 0.29) is 0 Å². The largest absolute Gasteiger partial charge is 0.309 e. The lowest BCUT2D eigenvalue weighted by molar-refractivity contribution is 1.10. The van der Waals surface area contributed by atoms with Gasteiger partial charge in [-0.2, -0.15) is 0 Å². The highest BCUT2D eigenvalue weighted by atomic mass is 15.1. The predicted molar refractivity (Wildman–Crippen MR) is 250 cm³/mol. The second kappa shape index (κ2) is 13.8. The second-order valence-corrected chi connectivity index (χ2v) is 15.3. The van der Waals surface area contributed by atoms with Crippen molar-refractivity contribution < 1.29 is 0 Å². The molecule has 280 valence electrons. The fraction of sp³-hybridized carbons (Fsp3) is 0. The van der Waals surface area contributed by atoms with Gasteiger partial charge in [-0.15, -0.1) is 0 Å². The summed E-state index contributed by atoms with van der Waals surface area (Å²) in [4.78, 5) is 10.6. The Labute approximate surface area is 346 Å². The van der Waals surface area contributed by atoms with Crippen molar-refractivity contribution in [2.24, 2.45) is 0 Å². The standard InChI is InChI=1S/C56H36N4/c1-4-15-40(16-5-1)54-47-35-36-51-53(45-21-10-12-25-49(45)59(51)42-19-8-3-9-20-42)52(47)46-23-14-22-44(55(46)58-54)39-29-27-37(28-30-39)38-31-33-43(34-32-38)60-50-26-13-11-24-48(50)57-56(60)41-17-6-2-7-18-41/h1-36H. The lowest BCUT2D eigenvalue weighted by Gasteiger charge is -2.15. The molecule has 0 aliphatic carbocycles. The second-order valence-electron chi connectivity index (χ2n) is 15.3. The minimum absolute atomic E-state index is 0.934. The Kier molecular flexibility index (Phi) is 7.82. The van der Waals surface area contributed by atoms with Crippen LogP contribution in [0.2, 0.25) is 0 Å². The first-order valence-electron chi connectivity index (χ1n) is 20.4. The third-order valence-corrected chi connectivity index (χ3v) is 11.9. The zero-order chi connectivity index (χ0) is 39.6. The van der Waals surface area contributed by atoms with Crippen molar-refractivity contribution in [3.8, 4) is 56.3 Å². The molecule has 0 fully saturated rings. The molecule has 0 amide bonds. The summed E-state index contributed by atoms with van der Waals surface area (Å²) in [6.07, 6.45) is 0. The van der Waals surface area contributed by atoms with Crippen LogP contribution >= 0.6 is 0 Å². The number of aromatic nitrogens is 4. The fourth-order valence-corrected chi connectivity index (χ4v) is 9.19. The number of fused-ring (bicyclic) bond motifs is 8. The van der Waals surface area contributed by atoms with E-state index >= 15 is 0 Å². The van der Waals surface area contributed by atoms with Crippen molar-refractivity contribution in [1.29, 1.82) is 0 Å². The molecule has 4 heteroatoms. The lowest BCUT2D eigenvalue weighted by atomic mass is 9.93. The van der Waals surface area contributed by atoms with E-state index < -0.39 is 0 Å². The summed E-state index contributed by atoms with van der Waals surface area (Å²) in [6.45, 7) is 0. The molecule has 0 saturated heterocycles. The fourth-order valence-electron chi connectivity index (χ4n) is 9.19. The van der Waals surface area contributed by atoms with Crippen LogP contribution in [0.4, 0.5) is 0 Å². The minimum atomic E-state index is 0.934. The molecule has 0 atom stereocenters. The Morgan fingerprint density at radius 2 is 0.883 bits per heavy atom. The monoisotopic (exact) mass is 764 g/mol. The first-order valence-corrected chi connectivity index (χ1v) is 20.4. The Bertz CT molecular complexity index is 3550. The van der Waals surface area contributed by atoms with E-state index in [0.717, 1.165) is 83.6 Å². The highest BCUT2D eigenvalue weighted by Gasteiger charge is 2.21. The first kappa shape index (κ1) is 34.0. The topological polar surface area (TPSA) is 35.6 Å². The van der Waals surface area contributed by atoms with Crippen LogP contribution in [0.25, 0.3) is 111 Å². The van der Waals surface area contributed by atoms with Gasteiger partial charge in [0.1, 0.15) is 5.82 Å². The van der Waals surface area contributed by atoms with E-state index in [4.69, 9.17) is 9.97 Å². The number of rotatable bonds is 6. The molecule has 3 heterocycles. The maximum atomic E-state index is 5.55. The van der Waals surface area contributed by atoms with Gasteiger partial charge >= 0.3 is 0 Å². The molecular formula is C56H36N4. The minimum Gasteiger partial charge on any atom is -0.309 e. The van der Waals surface area contributed by atoms with Gasteiger partial charge in [0.15, 0.2) is 0 Å². The van der Waals surface area contributed by atoms with E-state index in [0.29, 0.717) is 0 Å². The summed E-state index contributed by atoms with van der Waals surface area (Å²) in [5.74, 6) is 0.934. The van der Waals surface area contributed by atoms with Crippen molar-refractivity contribution >= 4 is 54.5 Å². The van der Waals surface area contributed by atoms with Crippen LogP contribution in [0.15, 0.2) is 218 Å². The quantitative estimate of drug-likeness (QED) is 0.158. The number of imidazole rings is 1. The molecule has 0 N–H and O–H groups in total. The normalized spacial score (nSPS) is 11.7. The number of hydrogen-bond donors (Lipinski definition) is 0. The molecule has 60 heavy (non-hydrogen) atoms. The van der Waals surface area contributed by atoms with Crippen molar-refractivity contribution in [2.45, 2.75) is 0 Å². The summed E-state index contributed by atoms with van der Waals surface area (Å²) in [7, 11) is 0. The number of pyridine rings is 1. The van der Waals surface area contributed by atoms with Gasteiger partial charge in [0.25, 0.3) is 0 Å². The molecule has 4 nitrogen and oxygen atoms in total. The number of benzene rings is 9. The lowest BCUT2D eigenvalue weighted by Crippen LogP contribution is -1.97. The third kappa shape index (κ3) is 5.39. The molecule has 0 bridgehead atoms. The van der Waals surface area contributed by atoms with Crippen molar-refractivity contribution in [3.05, 3.63) is 218 Å². The molecule has 3 aromatic heterocycles. The third-order valence-electron chi connectivity index (χ3n) is 11.9. The van der Waals surface area contributed by atoms with Crippen LogP contribution in [0.3, 0.4) is 0 Å². The smallest absolute Gasteiger partial charge is 0.145 e. The van der Waals surface area contributed by atoms with E-state index in [9.17, 15) is 0 Å². The average molecular weight is 765 g/mol. The maximum Gasteiger partial charge on any atom is 0.145 e. The van der Waals surface area contributed by atoms with Crippen molar-refractivity contribution in [1.82, 2.24) is 19.1 Å². The molecule has 12 aromatic rings. The number of nitrogens with zero attached hydrogens (tertiary/aromatic N) is 4. The van der Waals surface area contributed by atoms with Crippen LogP contribution in [-0.4, -0.2) is 19.1 Å². The summed E-state index contributed by atoms with van der Waals surface area (Å²) in [6, 6.07) is 77.8. The van der Waals surface area contributed by atoms with Gasteiger partial charge in [-0.25, -0.2) is 9.97 Å². The molecule has 0 unspecified atom stereocenters. The van der Waals surface area contributed by atoms with E-state index in [2.05, 4.69) is 215 Å². The molecule has 0 aliphatic rings. The molecule has 0 radical (unpaired) electrons. The van der Waals surface area contributed by atoms with Crippen LogP contribution in [-0.2, 0) is 0 Å². The zero-order valence-electron chi connectivity index (χ0n) is 32.6. The van der Waals surface area contributed by atoms with Gasteiger partial charge in [-0.3, -0.25) is 4.57 Å². The van der Waals surface area contributed by atoms with Crippen LogP contribution in [0.1, 0.15) is 0 Å². The Hall–Kier alpha value is -8.08. The van der Waals surface area contributed by atoms with Crippen LogP contribution in [0.5, 0.6) is 0 Å². The zero-order valence-corrected chi connectivity index (χ0v) is 32.6. The van der Waals surface area contributed by atoms with Crippen molar-refractivity contribution in [3.63, 3.8) is 0 Å². The van der Waals surface area contributed by atoms with Gasteiger partial charge < -0.3 is 4.57 Å². The molecule has 0 aliphatic heterocycles. The SMILES string of the molecule is c1ccc(-c2nc3c(-c4ccc(-c5ccc(-n6c(-c7ccccc7)nc7ccccc76)cc5)cc4)cccc3c3c2ccc2c3c3ccccc3n2-c2ccccc2)cc1. The highest BCUT2D eigenvalue weighted by molar-refractivity contribution is 6.30. The Balaban J connectivity index is 1.00. The number of hydrogen-bond acceptors (Lipinski definition) is 2. The van der Waals surface area contributed by atoms with E-state index in [1.165, 1.54) is 27.2 Å².